The maximum atomic E-state index is 12.2. The Morgan fingerprint density at radius 3 is 2.23 bits per heavy atom. The van der Waals surface area contributed by atoms with Crippen LogP contribution >= 0.6 is 0 Å². The van der Waals surface area contributed by atoms with Crippen molar-refractivity contribution in [3.8, 4) is 5.75 Å². The van der Waals surface area contributed by atoms with Crippen molar-refractivity contribution >= 4 is 28.9 Å². The van der Waals surface area contributed by atoms with Crippen molar-refractivity contribution in [1.82, 2.24) is 0 Å². The predicted octanol–water partition coefficient (Wildman–Crippen LogP) is 5.43. The highest BCUT2D eigenvalue weighted by Crippen LogP contribution is 2.17. The van der Waals surface area contributed by atoms with E-state index in [9.17, 15) is 9.59 Å². The number of hydrogen-bond donors (Lipinski definition) is 3. The lowest BCUT2D eigenvalue weighted by molar-refractivity contribution is -0.116. The Bertz CT molecular complexity index is 791. The van der Waals surface area contributed by atoms with Crippen LogP contribution in [-0.2, 0) is 9.59 Å². The fraction of sp³-hybridized carbons (Fsp3) is 0.417. The number of anilines is 3. The molecule has 0 aliphatic rings. The second-order valence-electron chi connectivity index (χ2n) is 7.17. The van der Waals surface area contributed by atoms with Gasteiger partial charge in [-0.1, -0.05) is 45.6 Å². The highest BCUT2D eigenvalue weighted by atomic mass is 16.5. The molecule has 0 aliphatic heterocycles. The first-order valence-corrected chi connectivity index (χ1v) is 10.8. The summed E-state index contributed by atoms with van der Waals surface area (Å²) in [5, 5.41) is 8.73. The van der Waals surface area contributed by atoms with E-state index in [-0.39, 0.29) is 18.4 Å². The zero-order valence-electron chi connectivity index (χ0n) is 18.0. The monoisotopic (exact) mass is 411 g/mol. The molecule has 0 aromatic heterocycles. The van der Waals surface area contributed by atoms with Gasteiger partial charge in [0.1, 0.15) is 5.75 Å². The van der Waals surface area contributed by atoms with Crippen LogP contribution in [0.15, 0.2) is 48.5 Å². The van der Waals surface area contributed by atoms with Crippen LogP contribution in [0.4, 0.5) is 17.1 Å². The molecule has 30 heavy (non-hydrogen) atoms. The van der Waals surface area contributed by atoms with Crippen LogP contribution in [0.1, 0.15) is 52.4 Å². The molecule has 0 saturated heterocycles. The number of ether oxygens (including phenoxy) is 1. The molecular weight excluding hydrogens is 378 g/mol. The van der Waals surface area contributed by atoms with E-state index in [1.807, 2.05) is 42.5 Å². The number of carbonyl (C=O) groups is 2. The Hall–Kier alpha value is -3.02. The highest BCUT2D eigenvalue weighted by Gasteiger charge is 2.05. The van der Waals surface area contributed by atoms with E-state index in [1.54, 1.807) is 13.0 Å². The summed E-state index contributed by atoms with van der Waals surface area (Å²) in [6.45, 7) is 4.85. The first-order chi connectivity index (χ1) is 14.6. The molecule has 3 N–H and O–H groups in total. The van der Waals surface area contributed by atoms with Crippen molar-refractivity contribution in [3.63, 3.8) is 0 Å². The zero-order valence-corrected chi connectivity index (χ0v) is 18.0. The Labute approximate surface area is 179 Å². The lowest BCUT2D eigenvalue weighted by Crippen LogP contribution is -2.21. The predicted molar refractivity (Wildman–Crippen MR) is 123 cm³/mol. The molecule has 2 aromatic carbocycles. The molecule has 6 heteroatoms. The normalized spacial score (nSPS) is 10.3. The minimum Gasteiger partial charge on any atom is -0.494 e. The van der Waals surface area contributed by atoms with Crippen LogP contribution < -0.4 is 20.7 Å². The van der Waals surface area contributed by atoms with Crippen LogP contribution in [0.5, 0.6) is 5.75 Å². The van der Waals surface area contributed by atoms with Gasteiger partial charge in [0, 0.05) is 23.5 Å². The zero-order chi connectivity index (χ0) is 21.6. The largest absolute Gasteiger partial charge is 0.494 e. The number of unbranched alkanes of at least 4 members (excludes halogenated alkanes) is 4. The Morgan fingerprint density at radius 1 is 0.800 bits per heavy atom. The molecule has 2 amide bonds. The highest BCUT2D eigenvalue weighted by molar-refractivity contribution is 5.94. The number of rotatable bonds is 13. The van der Waals surface area contributed by atoms with E-state index < -0.39 is 0 Å². The first-order valence-electron chi connectivity index (χ1n) is 10.8. The second kappa shape index (κ2) is 13.2. The number of amides is 2. The van der Waals surface area contributed by atoms with Crippen molar-refractivity contribution in [2.24, 2.45) is 0 Å². The molecule has 0 bridgehead atoms. The lowest BCUT2D eigenvalue weighted by Gasteiger charge is -2.11. The van der Waals surface area contributed by atoms with Gasteiger partial charge in [-0.05, 0) is 48.9 Å². The summed E-state index contributed by atoms with van der Waals surface area (Å²) < 4.78 is 5.74. The summed E-state index contributed by atoms with van der Waals surface area (Å²) in [4.78, 5) is 23.7. The molecule has 0 unspecified atom stereocenters. The fourth-order valence-electron chi connectivity index (χ4n) is 2.87. The van der Waals surface area contributed by atoms with E-state index in [1.165, 1.54) is 25.7 Å². The van der Waals surface area contributed by atoms with Gasteiger partial charge in [-0.25, -0.2) is 0 Å². The van der Waals surface area contributed by atoms with E-state index in [0.29, 0.717) is 12.1 Å². The summed E-state index contributed by atoms with van der Waals surface area (Å²) in [7, 11) is 0. The van der Waals surface area contributed by atoms with Gasteiger partial charge in [0.05, 0.1) is 13.2 Å². The van der Waals surface area contributed by atoms with E-state index in [0.717, 1.165) is 30.2 Å². The Kier molecular flexibility index (Phi) is 10.3. The van der Waals surface area contributed by atoms with E-state index in [2.05, 4.69) is 22.9 Å². The van der Waals surface area contributed by atoms with E-state index in [4.69, 9.17) is 4.74 Å². The molecular formula is C24H33N3O3. The minimum absolute atomic E-state index is 0.0474. The van der Waals surface area contributed by atoms with Crippen LogP contribution in [0.3, 0.4) is 0 Å². The number of nitrogens with one attached hydrogen (secondary N) is 3. The summed E-state index contributed by atoms with van der Waals surface area (Å²) in [6, 6.07) is 14.7. The molecule has 6 nitrogen and oxygen atoms in total. The molecule has 0 radical (unpaired) electrons. The third-order valence-electron chi connectivity index (χ3n) is 4.58. The summed E-state index contributed by atoms with van der Waals surface area (Å²) in [6.07, 6.45) is 6.47. The first kappa shape index (κ1) is 23.3. The van der Waals surface area contributed by atoms with Gasteiger partial charge >= 0.3 is 0 Å². The molecule has 2 rings (SSSR count). The second-order valence-corrected chi connectivity index (χ2v) is 7.17. The van der Waals surface area contributed by atoms with Gasteiger partial charge < -0.3 is 20.7 Å². The summed E-state index contributed by atoms with van der Waals surface area (Å²) in [5.41, 5.74) is 2.19. The van der Waals surface area contributed by atoms with Gasteiger partial charge in [-0.15, -0.1) is 0 Å². The smallest absolute Gasteiger partial charge is 0.243 e. The fourth-order valence-corrected chi connectivity index (χ4v) is 2.87. The average molecular weight is 412 g/mol. The molecule has 0 heterocycles. The molecule has 162 valence electrons. The van der Waals surface area contributed by atoms with Crippen molar-refractivity contribution in [2.45, 2.75) is 52.4 Å². The van der Waals surface area contributed by atoms with Gasteiger partial charge in [-0.2, -0.15) is 0 Å². The van der Waals surface area contributed by atoms with Gasteiger partial charge in [0.15, 0.2) is 0 Å². The average Bonchev–Trinajstić information content (AvgIpc) is 2.76. The molecule has 0 saturated carbocycles. The Morgan fingerprint density at radius 2 is 1.50 bits per heavy atom. The maximum absolute atomic E-state index is 12.2. The van der Waals surface area contributed by atoms with Gasteiger partial charge in [0.2, 0.25) is 11.8 Å². The molecule has 0 fully saturated rings. The van der Waals surface area contributed by atoms with Crippen LogP contribution in [-0.4, -0.2) is 25.0 Å². The third-order valence-corrected chi connectivity index (χ3v) is 4.58. The summed E-state index contributed by atoms with van der Waals surface area (Å²) in [5.74, 6) is 0.615. The van der Waals surface area contributed by atoms with E-state index >= 15 is 0 Å². The van der Waals surface area contributed by atoms with Crippen molar-refractivity contribution in [2.75, 3.05) is 29.1 Å². The standard InChI is InChI=1S/C24H33N3O3/c1-3-5-6-7-8-16-30-22-14-12-19(13-15-22)26-24(29)18-25-20-10-9-11-21(17-20)27-23(28)4-2/h9-15,17,25H,3-8,16,18H2,1-2H3,(H,26,29)(H,27,28). The minimum atomic E-state index is -0.150. The molecule has 0 aliphatic carbocycles. The van der Waals surface area contributed by atoms with Gasteiger partial charge in [-0.3, -0.25) is 9.59 Å². The topological polar surface area (TPSA) is 79.5 Å². The summed E-state index contributed by atoms with van der Waals surface area (Å²) >= 11 is 0. The quantitative estimate of drug-likeness (QED) is 0.384. The van der Waals surface area contributed by atoms with Crippen LogP contribution in [0, 0.1) is 0 Å². The number of benzene rings is 2. The molecule has 0 atom stereocenters. The van der Waals surface area contributed by atoms with Crippen molar-refractivity contribution in [1.29, 1.82) is 0 Å². The SMILES string of the molecule is CCCCCCCOc1ccc(NC(=O)CNc2cccc(NC(=O)CC)c2)cc1. The van der Waals surface area contributed by atoms with Crippen LogP contribution in [0.2, 0.25) is 0 Å². The number of carbonyl (C=O) groups excluding carboxylic acids is 2. The third kappa shape index (κ3) is 8.99. The number of hydrogen-bond acceptors (Lipinski definition) is 4. The molecule has 0 spiro atoms. The van der Waals surface area contributed by atoms with Crippen LogP contribution in [0.25, 0.3) is 0 Å². The Balaban J connectivity index is 1.72. The van der Waals surface area contributed by atoms with Crippen molar-refractivity contribution < 1.29 is 14.3 Å². The van der Waals surface area contributed by atoms with Crippen molar-refractivity contribution in [3.05, 3.63) is 48.5 Å². The van der Waals surface area contributed by atoms with Gasteiger partial charge in [0.25, 0.3) is 0 Å². The molecule has 2 aromatic rings. The maximum Gasteiger partial charge on any atom is 0.243 e. The lowest BCUT2D eigenvalue weighted by atomic mass is 10.2.